The van der Waals surface area contributed by atoms with Crippen molar-refractivity contribution in [2.75, 3.05) is 93.9 Å². The zero-order valence-electron chi connectivity index (χ0n) is 27.9. The van der Waals surface area contributed by atoms with Gasteiger partial charge >= 0.3 is 0 Å². The van der Waals surface area contributed by atoms with Crippen LogP contribution >= 0.6 is 0 Å². The molecule has 258 valence electrons. The Labute approximate surface area is 281 Å². The maximum Gasteiger partial charge on any atom is 0.229 e. The Balaban J connectivity index is 0.986. The maximum absolute atomic E-state index is 11.9. The van der Waals surface area contributed by atoms with E-state index >= 15 is 0 Å². The molecule has 2 N–H and O–H groups in total. The minimum Gasteiger partial charge on any atom is -0.489 e. The standard InChI is InChI=1S/C33H45N9O5S/c1-23-28(46-17-12-41-10-8-40(2)9-11-41)22-35-32(36-23)37-24-4-6-33(7-5-24)20-29(33)47-31-26-18-25(39-48(3,43)44)21-34-27(26)19-30(38-31)42-13-15-45-16-14-42/h4,6,18-19,21-22,24,29,39H,5,7-17,20H2,1-3H3,(H,35,36,37)/t24-,29?,33?/m1/s1. The third-order valence-electron chi connectivity index (χ3n) is 9.66. The van der Waals surface area contributed by atoms with Crippen molar-refractivity contribution in [2.24, 2.45) is 5.41 Å². The molecule has 2 aliphatic carbocycles. The van der Waals surface area contributed by atoms with Crippen LogP contribution in [0.2, 0.25) is 0 Å². The van der Waals surface area contributed by atoms with Crippen LogP contribution in [0.5, 0.6) is 11.6 Å². The molecule has 4 aliphatic rings. The summed E-state index contributed by atoms with van der Waals surface area (Å²) in [4.78, 5) is 25.6. The van der Waals surface area contributed by atoms with Crippen LogP contribution in [0.25, 0.3) is 10.9 Å². The van der Waals surface area contributed by atoms with Gasteiger partial charge in [0.05, 0.1) is 54.1 Å². The predicted molar refractivity (Wildman–Crippen MR) is 184 cm³/mol. The Morgan fingerprint density at radius 2 is 1.88 bits per heavy atom. The van der Waals surface area contributed by atoms with E-state index in [1.165, 1.54) is 6.20 Å². The zero-order chi connectivity index (χ0) is 33.3. The van der Waals surface area contributed by atoms with E-state index in [2.05, 4.69) is 58.9 Å². The number of hydrogen-bond donors (Lipinski definition) is 2. The van der Waals surface area contributed by atoms with Crippen molar-refractivity contribution in [3.63, 3.8) is 0 Å². The molecule has 7 rings (SSSR count). The van der Waals surface area contributed by atoms with Crippen molar-refractivity contribution >= 4 is 38.4 Å². The highest BCUT2D eigenvalue weighted by atomic mass is 32.2. The molecule has 3 aromatic rings. The summed E-state index contributed by atoms with van der Waals surface area (Å²) in [5.74, 6) is 2.55. The van der Waals surface area contributed by atoms with Gasteiger partial charge < -0.3 is 29.3 Å². The van der Waals surface area contributed by atoms with Crippen LogP contribution in [0.15, 0.2) is 36.7 Å². The van der Waals surface area contributed by atoms with E-state index in [0.717, 1.165) is 88.6 Å². The molecule has 2 saturated heterocycles. The van der Waals surface area contributed by atoms with E-state index in [0.29, 0.717) is 48.2 Å². The summed E-state index contributed by atoms with van der Waals surface area (Å²) < 4.78 is 44.5. The topological polar surface area (TPSA) is 147 Å². The van der Waals surface area contributed by atoms with E-state index in [1.807, 2.05) is 13.0 Å². The minimum atomic E-state index is -3.47. The third kappa shape index (κ3) is 7.74. The fourth-order valence-electron chi connectivity index (χ4n) is 6.63. The Bertz CT molecular complexity index is 1760. The molecule has 14 nitrogen and oxygen atoms in total. The lowest BCUT2D eigenvalue weighted by molar-refractivity contribution is 0.122. The van der Waals surface area contributed by atoms with Gasteiger partial charge in [0.1, 0.15) is 18.5 Å². The second kappa shape index (κ2) is 13.6. The average molecular weight is 680 g/mol. The van der Waals surface area contributed by atoms with Gasteiger partial charge in [-0.15, -0.1) is 0 Å². The van der Waals surface area contributed by atoms with E-state index in [9.17, 15) is 8.42 Å². The van der Waals surface area contributed by atoms with Crippen LogP contribution in [-0.4, -0.2) is 129 Å². The number of morpholine rings is 1. The molecule has 15 heteroatoms. The largest absolute Gasteiger partial charge is 0.489 e. The second-order valence-electron chi connectivity index (χ2n) is 13.4. The second-order valence-corrected chi connectivity index (χ2v) is 15.1. The Morgan fingerprint density at radius 1 is 1.06 bits per heavy atom. The van der Waals surface area contributed by atoms with Crippen LogP contribution in [0.1, 0.15) is 25.0 Å². The van der Waals surface area contributed by atoms with Gasteiger partial charge in [0.15, 0.2) is 5.75 Å². The van der Waals surface area contributed by atoms with Crippen molar-refractivity contribution in [2.45, 2.75) is 38.3 Å². The third-order valence-corrected chi connectivity index (χ3v) is 10.3. The van der Waals surface area contributed by atoms with Crippen LogP contribution in [0, 0.1) is 12.3 Å². The van der Waals surface area contributed by atoms with Crippen LogP contribution < -0.4 is 24.4 Å². The zero-order valence-corrected chi connectivity index (χ0v) is 28.7. The van der Waals surface area contributed by atoms with Crippen LogP contribution in [0.3, 0.4) is 0 Å². The van der Waals surface area contributed by atoms with Gasteiger partial charge in [0.25, 0.3) is 0 Å². The van der Waals surface area contributed by atoms with Crippen molar-refractivity contribution < 1.29 is 22.6 Å². The summed E-state index contributed by atoms with van der Waals surface area (Å²) in [6.07, 6.45) is 11.5. The fourth-order valence-corrected chi connectivity index (χ4v) is 7.17. The van der Waals surface area contributed by atoms with Gasteiger partial charge in [-0.05, 0) is 39.3 Å². The average Bonchev–Trinajstić information content (AvgIpc) is 3.74. The lowest BCUT2D eigenvalue weighted by atomic mass is 9.90. The van der Waals surface area contributed by atoms with E-state index in [-0.39, 0.29) is 17.6 Å². The Morgan fingerprint density at radius 3 is 2.60 bits per heavy atom. The number of sulfonamides is 1. The Hall–Kier alpha value is -3.79. The molecule has 0 radical (unpaired) electrons. The summed E-state index contributed by atoms with van der Waals surface area (Å²) in [6.45, 7) is 10.5. The number of anilines is 3. The number of rotatable bonds is 11. The molecule has 2 unspecified atom stereocenters. The van der Waals surface area contributed by atoms with E-state index in [4.69, 9.17) is 19.2 Å². The molecule has 5 heterocycles. The molecule has 2 aliphatic heterocycles. The summed E-state index contributed by atoms with van der Waals surface area (Å²) in [5.41, 5.74) is 1.81. The van der Waals surface area contributed by atoms with Gasteiger partial charge in [-0.1, -0.05) is 12.2 Å². The van der Waals surface area contributed by atoms with E-state index < -0.39 is 10.0 Å². The molecule has 3 atom stereocenters. The summed E-state index contributed by atoms with van der Waals surface area (Å²) in [6, 6.07) is 3.78. The van der Waals surface area contributed by atoms with Crippen molar-refractivity contribution in [3.05, 3.63) is 42.4 Å². The molecular weight excluding hydrogens is 634 g/mol. The van der Waals surface area contributed by atoms with Gasteiger partial charge in [0.2, 0.25) is 21.9 Å². The smallest absolute Gasteiger partial charge is 0.229 e. The van der Waals surface area contributed by atoms with Gasteiger partial charge in [-0.3, -0.25) is 14.6 Å². The number of hydrogen-bond acceptors (Lipinski definition) is 13. The lowest BCUT2D eigenvalue weighted by Gasteiger charge is -2.32. The molecule has 0 amide bonds. The first kappa shape index (κ1) is 32.7. The molecule has 1 saturated carbocycles. The quantitative estimate of drug-likeness (QED) is 0.287. The Kier molecular flexibility index (Phi) is 9.28. The number of nitrogens with zero attached hydrogens (tertiary/aromatic N) is 7. The predicted octanol–water partition coefficient (Wildman–Crippen LogP) is 2.53. The first-order chi connectivity index (χ1) is 23.1. The number of fused-ring (bicyclic) bond motifs is 1. The number of piperazine rings is 1. The van der Waals surface area contributed by atoms with Crippen molar-refractivity contribution in [3.8, 4) is 11.6 Å². The molecule has 3 aromatic heterocycles. The monoisotopic (exact) mass is 679 g/mol. The minimum absolute atomic E-state index is 0.0439. The fraction of sp³-hybridized carbons (Fsp3) is 0.576. The summed E-state index contributed by atoms with van der Waals surface area (Å²) in [5, 5.41) is 4.14. The highest BCUT2D eigenvalue weighted by molar-refractivity contribution is 7.92. The SMILES string of the molecule is Cc1nc(N[C@@H]2C=CC3(CC2)CC3Oc2nc(N3CCOCC3)cc3ncc(NS(C)(=O)=O)cc23)ncc1OCCN1CCN(C)CC1. The highest BCUT2D eigenvalue weighted by Gasteiger charge is 2.55. The number of aryl methyl sites for hydroxylation is 1. The van der Waals surface area contributed by atoms with Crippen LogP contribution in [-0.2, 0) is 14.8 Å². The van der Waals surface area contributed by atoms with Crippen LogP contribution in [0.4, 0.5) is 17.5 Å². The van der Waals surface area contributed by atoms with Crippen molar-refractivity contribution in [1.82, 2.24) is 29.7 Å². The maximum atomic E-state index is 11.9. The molecule has 0 aromatic carbocycles. The highest BCUT2D eigenvalue weighted by Crippen LogP contribution is 2.55. The van der Waals surface area contributed by atoms with Gasteiger partial charge in [-0.2, -0.15) is 4.98 Å². The first-order valence-corrected chi connectivity index (χ1v) is 18.6. The number of ether oxygens (including phenoxy) is 3. The molecule has 0 bridgehead atoms. The molecule has 3 fully saturated rings. The number of likely N-dealkylation sites (N-methyl/N-ethyl adjacent to an activating group) is 1. The molecule has 48 heavy (non-hydrogen) atoms. The normalized spacial score (nSPS) is 24.9. The summed E-state index contributed by atoms with van der Waals surface area (Å²) in [7, 11) is -1.30. The lowest BCUT2D eigenvalue weighted by Crippen LogP contribution is -2.45. The molecular formula is C33H45N9O5S. The number of pyridine rings is 2. The van der Waals surface area contributed by atoms with Crippen molar-refractivity contribution in [1.29, 1.82) is 0 Å². The first-order valence-electron chi connectivity index (χ1n) is 16.7. The van der Waals surface area contributed by atoms with Gasteiger partial charge in [0, 0.05) is 63.3 Å². The summed E-state index contributed by atoms with van der Waals surface area (Å²) >= 11 is 0. The molecule has 1 spiro atoms. The van der Waals surface area contributed by atoms with E-state index in [1.54, 1.807) is 12.3 Å². The number of aromatic nitrogens is 4. The van der Waals surface area contributed by atoms with Gasteiger partial charge in [-0.25, -0.2) is 18.4 Å². The number of nitrogens with one attached hydrogen (secondary N) is 2.